The van der Waals surface area contributed by atoms with E-state index in [1.165, 1.54) is 0 Å². The Labute approximate surface area is 189 Å². The Morgan fingerprint density at radius 3 is 2.42 bits per heavy atom. The Kier molecular flexibility index (Phi) is 7.18. The summed E-state index contributed by atoms with van der Waals surface area (Å²) in [6.45, 7) is 1.58. The molecule has 3 aromatic rings. The van der Waals surface area contributed by atoms with E-state index in [9.17, 15) is 17.8 Å². The molecule has 0 saturated carbocycles. The largest absolute Gasteiger partial charge is 0.299 e. The van der Waals surface area contributed by atoms with Gasteiger partial charge < -0.3 is 0 Å². The lowest BCUT2D eigenvalue weighted by Gasteiger charge is -2.08. The molecule has 0 fully saturated rings. The van der Waals surface area contributed by atoms with E-state index in [0.29, 0.717) is 16.3 Å². The highest BCUT2D eigenvalue weighted by atomic mass is 35.5. The molecule has 0 aliphatic carbocycles. The predicted octanol–water partition coefficient (Wildman–Crippen LogP) is 4.87. The number of azo groups is 1. The van der Waals surface area contributed by atoms with Crippen molar-refractivity contribution in [2.24, 2.45) is 10.2 Å². The van der Waals surface area contributed by atoms with E-state index in [2.05, 4.69) is 24.7 Å². The van der Waals surface area contributed by atoms with Crippen LogP contribution in [0.1, 0.15) is 5.69 Å². The standard InChI is InChI=1S/C16H12Cl2N4O7S2/c1-8-15(20-19-9-2-4-10(5-3-9)30-29-28-24)16(23)22(21-8)13-6-12(18)14(7-11(13)17)31(25,26)27/h2-7,21,24H,1H3,(H,25,26,27). The van der Waals surface area contributed by atoms with E-state index in [0.717, 1.165) is 28.9 Å². The van der Waals surface area contributed by atoms with Crippen LogP contribution < -0.4 is 5.56 Å². The van der Waals surface area contributed by atoms with Gasteiger partial charge in [0.1, 0.15) is 4.90 Å². The summed E-state index contributed by atoms with van der Waals surface area (Å²) in [4.78, 5) is 12.8. The van der Waals surface area contributed by atoms with Gasteiger partial charge in [0, 0.05) is 4.90 Å². The highest BCUT2D eigenvalue weighted by Crippen LogP contribution is 2.31. The average molecular weight is 507 g/mol. The second-order valence-electron chi connectivity index (χ2n) is 5.85. The molecule has 3 N–H and O–H groups in total. The number of nitrogens with zero attached hydrogens (tertiary/aromatic N) is 3. The lowest BCUT2D eigenvalue weighted by Crippen LogP contribution is -2.15. The van der Waals surface area contributed by atoms with E-state index in [4.69, 9.17) is 28.5 Å². The second kappa shape index (κ2) is 9.50. The lowest BCUT2D eigenvalue weighted by atomic mass is 10.3. The van der Waals surface area contributed by atoms with Gasteiger partial charge in [-0.15, -0.1) is 9.45 Å². The lowest BCUT2D eigenvalue weighted by molar-refractivity contribution is -0.432. The first-order valence-electron chi connectivity index (χ1n) is 8.07. The van der Waals surface area contributed by atoms with E-state index in [1.807, 2.05) is 0 Å². The molecule has 0 bridgehead atoms. The van der Waals surface area contributed by atoms with Gasteiger partial charge in [-0.05, 0) is 43.3 Å². The van der Waals surface area contributed by atoms with Crippen LogP contribution in [0.3, 0.4) is 0 Å². The van der Waals surface area contributed by atoms with Crippen molar-refractivity contribution in [3.8, 4) is 5.69 Å². The molecule has 0 unspecified atom stereocenters. The number of aromatic nitrogens is 2. The van der Waals surface area contributed by atoms with Gasteiger partial charge in [0.25, 0.3) is 15.7 Å². The fraction of sp³-hybridized carbons (Fsp3) is 0.0625. The van der Waals surface area contributed by atoms with Gasteiger partial charge in [-0.25, -0.2) is 9.94 Å². The fourth-order valence-corrected chi connectivity index (χ4v) is 4.13. The smallest absolute Gasteiger partial charge is 0.293 e. The molecule has 31 heavy (non-hydrogen) atoms. The maximum absolute atomic E-state index is 12.8. The number of hydrogen-bond donors (Lipinski definition) is 3. The van der Waals surface area contributed by atoms with Gasteiger partial charge in [-0.3, -0.25) is 14.4 Å². The van der Waals surface area contributed by atoms with Crippen LogP contribution in [0.15, 0.2) is 61.2 Å². The molecule has 0 radical (unpaired) electrons. The van der Waals surface area contributed by atoms with Crippen molar-refractivity contribution in [3.63, 3.8) is 0 Å². The van der Waals surface area contributed by atoms with Crippen LogP contribution in [0.2, 0.25) is 10.0 Å². The number of aryl methyl sites for hydroxylation is 1. The molecule has 1 heterocycles. The number of halogens is 2. The van der Waals surface area contributed by atoms with Crippen LogP contribution in [0.5, 0.6) is 0 Å². The summed E-state index contributed by atoms with van der Waals surface area (Å²) in [5.41, 5.74) is 0.224. The van der Waals surface area contributed by atoms with Crippen LogP contribution >= 0.6 is 35.2 Å². The summed E-state index contributed by atoms with van der Waals surface area (Å²) >= 11 is 12.8. The van der Waals surface area contributed by atoms with Crippen molar-refractivity contribution in [3.05, 3.63) is 62.5 Å². The van der Waals surface area contributed by atoms with Crippen LogP contribution in [0, 0.1) is 6.92 Å². The minimum Gasteiger partial charge on any atom is -0.293 e. The number of rotatable bonds is 7. The molecule has 15 heteroatoms. The molecule has 0 spiro atoms. The molecule has 1 aromatic heterocycles. The Morgan fingerprint density at radius 1 is 1.13 bits per heavy atom. The molecule has 0 amide bonds. The highest BCUT2D eigenvalue weighted by Gasteiger charge is 2.21. The van der Waals surface area contributed by atoms with Gasteiger partial charge in [-0.1, -0.05) is 28.2 Å². The SMILES string of the molecule is Cc1[nH]n(-c2cc(Cl)c(S(=O)(=O)O)cc2Cl)c(=O)c1N=Nc1ccc(SOOO)cc1. The molecule has 0 saturated heterocycles. The monoisotopic (exact) mass is 506 g/mol. The van der Waals surface area contributed by atoms with E-state index < -0.39 is 20.6 Å². The zero-order valence-corrected chi connectivity index (χ0v) is 18.5. The van der Waals surface area contributed by atoms with Crippen LogP contribution in [0.4, 0.5) is 11.4 Å². The second-order valence-corrected chi connectivity index (χ2v) is 8.83. The Balaban J connectivity index is 1.94. The number of hydrogen-bond acceptors (Lipinski definition) is 9. The quantitative estimate of drug-likeness (QED) is 0.134. The summed E-state index contributed by atoms with van der Waals surface area (Å²) < 4.78 is 37.2. The molecule has 164 valence electrons. The van der Waals surface area contributed by atoms with Gasteiger partial charge >= 0.3 is 0 Å². The maximum atomic E-state index is 12.8. The van der Waals surface area contributed by atoms with Crippen molar-refractivity contribution < 1.29 is 27.6 Å². The topological polar surface area (TPSA) is 156 Å². The van der Waals surface area contributed by atoms with E-state index in [-0.39, 0.29) is 21.4 Å². The zero-order valence-electron chi connectivity index (χ0n) is 15.3. The summed E-state index contributed by atoms with van der Waals surface area (Å²) in [5.74, 6) is 0. The van der Waals surface area contributed by atoms with Gasteiger partial charge in [-0.2, -0.15) is 13.5 Å². The van der Waals surface area contributed by atoms with Crippen LogP contribution in [-0.4, -0.2) is 28.0 Å². The Morgan fingerprint density at radius 2 is 1.81 bits per heavy atom. The molecular weight excluding hydrogens is 495 g/mol. The maximum Gasteiger partial charge on any atom is 0.299 e. The third-order valence-electron chi connectivity index (χ3n) is 3.82. The molecule has 0 atom stereocenters. The molecule has 3 rings (SSSR count). The van der Waals surface area contributed by atoms with Crippen molar-refractivity contribution >= 4 is 56.7 Å². The predicted molar refractivity (Wildman–Crippen MR) is 112 cm³/mol. The number of benzene rings is 2. The van der Waals surface area contributed by atoms with Gasteiger partial charge in [0.15, 0.2) is 5.69 Å². The summed E-state index contributed by atoms with van der Waals surface area (Å²) in [5, 5.41) is 21.9. The summed E-state index contributed by atoms with van der Waals surface area (Å²) in [7, 11) is -4.59. The average Bonchev–Trinajstić information content (AvgIpc) is 2.99. The summed E-state index contributed by atoms with van der Waals surface area (Å²) in [6, 6.07) is 8.50. The first-order valence-corrected chi connectivity index (χ1v) is 11.0. The minimum atomic E-state index is -4.59. The molecular formula is C16H12Cl2N4O7S2. The van der Waals surface area contributed by atoms with Crippen molar-refractivity contribution in [1.82, 2.24) is 9.78 Å². The van der Waals surface area contributed by atoms with Gasteiger partial charge in [0.05, 0.1) is 39.2 Å². The molecule has 0 aliphatic rings. The molecule has 2 aromatic carbocycles. The van der Waals surface area contributed by atoms with Crippen molar-refractivity contribution in [2.75, 3.05) is 0 Å². The van der Waals surface area contributed by atoms with Crippen LogP contribution in [0.25, 0.3) is 5.69 Å². The highest BCUT2D eigenvalue weighted by molar-refractivity contribution is 7.94. The van der Waals surface area contributed by atoms with Gasteiger partial charge in [0.2, 0.25) is 0 Å². The first kappa shape index (κ1) is 23.4. The zero-order chi connectivity index (χ0) is 22.8. The van der Waals surface area contributed by atoms with Crippen LogP contribution in [-0.2, 0) is 19.5 Å². The normalized spacial score (nSPS) is 12.0. The van der Waals surface area contributed by atoms with Crippen molar-refractivity contribution in [2.45, 2.75) is 16.7 Å². The number of aromatic amines is 1. The molecule has 11 nitrogen and oxygen atoms in total. The van der Waals surface area contributed by atoms with Crippen molar-refractivity contribution in [1.29, 1.82) is 0 Å². The number of nitrogens with one attached hydrogen (secondary N) is 1. The Bertz CT molecular complexity index is 1300. The Hall–Kier alpha value is -2.23. The number of H-pyrrole nitrogens is 1. The van der Waals surface area contributed by atoms with E-state index in [1.54, 1.807) is 31.2 Å². The third-order valence-corrected chi connectivity index (χ3v) is 6.04. The third kappa shape index (κ3) is 5.34. The minimum absolute atomic E-state index is 0.0125. The fourth-order valence-electron chi connectivity index (χ4n) is 2.44. The molecule has 0 aliphatic heterocycles. The summed E-state index contributed by atoms with van der Waals surface area (Å²) in [6.07, 6.45) is 0. The first-order chi connectivity index (χ1) is 14.6. The van der Waals surface area contributed by atoms with E-state index >= 15 is 0 Å².